The van der Waals surface area contributed by atoms with Crippen molar-refractivity contribution in [1.29, 1.82) is 0 Å². The number of hydrogen-bond donors (Lipinski definition) is 2. The van der Waals surface area contributed by atoms with Gasteiger partial charge in [-0.25, -0.2) is 4.98 Å². The second-order valence-electron chi connectivity index (χ2n) is 6.57. The van der Waals surface area contributed by atoms with Crippen molar-refractivity contribution in [3.8, 4) is 0 Å². The van der Waals surface area contributed by atoms with E-state index in [2.05, 4.69) is 14.9 Å². The van der Waals surface area contributed by atoms with E-state index >= 15 is 0 Å². The Kier molecular flexibility index (Phi) is 4.77. The largest absolute Gasteiger partial charge is 0.396 e. The van der Waals surface area contributed by atoms with Crippen LogP contribution in [0.4, 0.5) is 0 Å². The Morgan fingerprint density at radius 1 is 1.43 bits per heavy atom. The van der Waals surface area contributed by atoms with Crippen molar-refractivity contribution in [3.63, 3.8) is 0 Å². The lowest BCUT2D eigenvalue weighted by molar-refractivity contribution is 0.0405. The number of aromatic amines is 1. The topological polar surface area (TPSA) is 89.5 Å². The minimum Gasteiger partial charge on any atom is -0.396 e. The quantitative estimate of drug-likeness (QED) is 0.797. The number of nitrogens with zero attached hydrogens (tertiary/aromatic N) is 3. The summed E-state index contributed by atoms with van der Waals surface area (Å²) < 4.78 is 0. The molecule has 0 radical (unpaired) electrons. The number of aromatic nitrogens is 2. The molecule has 1 aliphatic carbocycles. The van der Waals surface area contributed by atoms with Gasteiger partial charge in [0, 0.05) is 45.0 Å². The number of aliphatic hydroxyl groups excluding tert-OH is 1. The maximum absolute atomic E-state index is 12.6. The molecule has 7 nitrogen and oxygen atoms in total. The Hall–Kier alpha value is -1.73. The van der Waals surface area contributed by atoms with Gasteiger partial charge in [0.1, 0.15) is 11.4 Å². The molecular formula is C16H24N4O3. The molecule has 0 bridgehead atoms. The van der Waals surface area contributed by atoms with Gasteiger partial charge in [-0.1, -0.05) is 0 Å². The van der Waals surface area contributed by atoms with Gasteiger partial charge in [-0.3, -0.25) is 14.5 Å². The second kappa shape index (κ2) is 6.80. The smallest absolute Gasteiger partial charge is 0.263 e. The molecule has 1 aromatic heterocycles. The summed E-state index contributed by atoms with van der Waals surface area (Å²) in [6, 6.07) is 0.163. The molecule has 0 aromatic carbocycles. The number of hydrogen-bond acceptors (Lipinski definition) is 5. The van der Waals surface area contributed by atoms with Gasteiger partial charge in [0.05, 0.1) is 0 Å². The Labute approximate surface area is 135 Å². The monoisotopic (exact) mass is 320 g/mol. The second-order valence-corrected chi connectivity index (χ2v) is 6.57. The van der Waals surface area contributed by atoms with Crippen LogP contribution in [-0.2, 0) is 0 Å². The summed E-state index contributed by atoms with van der Waals surface area (Å²) in [7, 11) is 0. The fraction of sp³-hybridized carbons (Fsp3) is 0.688. The average molecular weight is 320 g/mol. The van der Waals surface area contributed by atoms with Crippen LogP contribution in [0.5, 0.6) is 0 Å². The number of nitrogens with one attached hydrogen (secondary N) is 1. The molecule has 2 N–H and O–H groups in total. The molecule has 1 aliphatic heterocycles. The fourth-order valence-corrected chi connectivity index (χ4v) is 3.18. The summed E-state index contributed by atoms with van der Waals surface area (Å²) in [6.45, 7) is 4.81. The van der Waals surface area contributed by atoms with Crippen molar-refractivity contribution in [3.05, 3.63) is 27.9 Å². The van der Waals surface area contributed by atoms with E-state index in [0.717, 1.165) is 19.0 Å². The molecule has 1 atom stereocenters. The number of rotatable bonds is 5. The predicted molar refractivity (Wildman–Crippen MR) is 85.3 cm³/mol. The van der Waals surface area contributed by atoms with Crippen molar-refractivity contribution >= 4 is 5.91 Å². The minimum atomic E-state index is -0.387. The number of carbonyl (C=O) groups is 1. The van der Waals surface area contributed by atoms with Crippen LogP contribution in [0.25, 0.3) is 0 Å². The Bertz CT molecular complexity index is 626. The van der Waals surface area contributed by atoms with E-state index in [0.29, 0.717) is 25.3 Å². The van der Waals surface area contributed by atoms with E-state index in [1.807, 2.05) is 0 Å². The van der Waals surface area contributed by atoms with Crippen LogP contribution >= 0.6 is 0 Å². The zero-order chi connectivity index (χ0) is 16.4. The van der Waals surface area contributed by atoms with E-state index in [1.54, 1.807) is 11.8 Å². The molecule has 0 unspecified atom stereocenters. The van der Waals surface area contributed by atoms with E-state index in [4.69, 9.17) is 0 Å². The third kappa shape index (κ3) is 3.79. The standard InChI is InChI=1S/C16H24N4O3/c1-11-17-8-14(15(22)18-11)16(23)20-6-5-19(9-12-2-3-12)13(10-20)4-7-21/h8,12-13,21H,2-7,9-10H2,1H3,(H,17,18,22)/t13-/m0/s1. The van der Waals surface area contributed by atoms with E-state index in [-0.39, 0.29) is 29.7 Å². The lowest BCUT2D eigenvalue weighted by Crippen LogP contribution is -2.55. The van der Waals surface area contributed by atoms with Crippen LogP contribution in [0.15, 0.2) is 11.0 Å². The highest BCUT2D eigenvalue weighted by Gasteiger charge is 2.34. The van der Waals surface area contributed by atoms with Crippen LogP contribution in [0.2, 0.25) is 0 Å². The number of amides is 1. The molecule has 126 valence electrons. The van der Waals surface area contributed by atoms with Gasteiger partial charge in [0.15, 0.2) is 0 Å². The minimum absolute atomic E-state index is 0.0917. The Morgan fingerprint density at radius 3 is 2.87 bits per heavy atom. The van der Waals surface area contributed by atoms with Crippen molar-refractivity contribution in [2.75, 3.05) is 32.8 Å². The van der Waals surface area contributed by atoms with Crippen molar-refractivity contribution < 1.29 is 9.90 Å². The first-order chi connectivity index (χ1) is 11.1. The van der Waals surface area contributed by atoms with Gasteiger partial charge in [-0.05, 0) is 32.1 Å². The maximum atomic E-state index is 12.6. The van der Waals surface area contributed by atoms with Gasteiger partial charge in [-0.2, -0.15) is 0 Å². The van der Waals surface area contributed by atoms with Crippen molar-refractivity contribution in [2.24, 2.45) is 5.92 Å². The number of aryl methyl sites for hydroxylation is 1. The molecule has 2 heterocycles. The molecule has 1 saturated heterocycles. The van der Waals surface area contributed by atoms with Gasteiger partial charge >= 0.3 is 0 Å². The number of piperazine rings is 1. The fourth-order valence-electron chi connectivity index (χ4n) is 3.18. The first kappa shape index (κ1) is 16.1. The highest BCUT2D eigenvalue weighted by atomic mass is 16.3. The van der Waals surface area contributed by atoms with Crippen LogP contribution in [0.3, 0.4) is 0 Å². The molecule has 3 rings (SSSR count). The first-order valence-corrected chi connectivity index (χ1v) is 8.28. The van der Waals surface area contributed by atoms with E-state index in [1.165, 1.54) is 19.0 Å². The van der Waals surface area contributed by atoms with Gasteiger partial charge in [0.25, 0.3) is 11.5 Å². The van der Waals surface area contributed by atoms with Gasteiger partial charge < -0.3 is 15.0 Å². The molecule has 7 heteroatoms. The van der Waals surface area contributed by atoms with Crippen LogP contribution in [0, 0.1) is 12.8 Å². The Balaban J connectivity index is 1.70. The van der Waals surface area contributed by atoms with Crippen LogP contribution in [-0.4, -0.2) is 69.6 Å². The highest BCUT2D eigenvalue weighted by molar-refractivity contribution is 5.93. The first-order valence-electron chi connectivity index (χ1n) is 8.28. The molecule has 1 saturated carbocycles. The molecule has 23 heavy (non-hydrogen) atoms. The van der Waals surface area contributed by atoms with Crippen molar-refractivity contribution in [1.82, 2.24) is 19.8 Å². The highest BCUT2D eigenvalue weighted by Crippen LogP contribution is 2.31. The summed E-state index contributed by atoms with van der Waals surface area (Å²) in [5.41, 5.74) is -0.296. The molecule has 2 aliphatic rings. The summed E-state index contributed by atoms with van der Waals surface area (Å²) in [4.78, 5) is 35.3. The predicted octanol–water partition coefficient (Wildman–Crippen LogP) is -0.00288. The lowest BCUT2D eigenvalue weighted by atomic mass is 10.1. The summed E-state index contributed by atoms with van der Waals surface area (Å²) in [5, 5.41) is 9.31. The molecule has 0 spiro atoms. The molecule has 1 amide bonds. The van der Waals surface area contributed by atoms with Gasteiger partial charge in [-0.15, -0.1) is 0 Å². The number of carbonyl (C=O) groups excluding carboxylic acids is 1. The summed E-state index contributed by atoms with van der Waals surface area (Å²) >= 11 is 0. The number of aliphatic hydroxyl groups is 1. The van der Waals surface area contributed by atoms with Crippen LogP contribution < -0.4 is 5.56 Å². The molecule has 2 fully saturated rings. The Morgan fingerprint density at radius 2 is 2.22 bits per heavy atom. The SMILES string of the molecule is Cc1ncc(C(=O)N2CCN(CC3CC3)[C@@H](CCO)C2)c(=O)[nH]1. The summed E-state index contributed by atoms with van der Waals surface area (Å²) in [6.07, 6.45) is 4.58. The third-order valence-corrected chi connectivity index (χ3v) is 4.70. The molecule has 1 aromatic rings. The van der Waals surface area contributed by atoms with E-state index < -0.39 is 0 Å². The lowest BCUT2D eigenvalue weighted by Gasteiger charge is -2.41. The third-order valence-electron chi connectivity index (χ3n) is 4.70. The zero-order valence-electron chi connectivity index (χ0n) is 13.5. The maximum Gasteiger partial charge on any atom is 0.263 e. The summed E-state index contributed by atoms with van der Waals surface area (Å²) in [5.74, 6) is 1.01. The zero-order valence-corrected chi connectivity index (χ0v) is 13.5. The van der Waals surface area contributed by atoms with Crippen molar-refractivity contribution in [2.45, 2.75) is 32.2 Å². The number of H-pyrrole nitrogens is 1. The normalized spacial score (nSPS) is 22.3. The van der Waals surface area contributed by atoms with E-state index in [9.17, 15) is 14.7 Å². The molecular weight excluding hydrogens is 296 g/mol. The average Bonchev–Trinajstić information content (AvgIpc) is 3.33. The van der Waals surface area contributed by atoms with Crippen LogP contribution in [0.1, 0.15) is 35.4 Å². The van der Waals surface area contributed by atoms with Gasteiger partial charge in [0.2, 0.25) is 0 Å².